The predicted molar refractivity (Wildman–Crippen MR) is 77.1 cm³/mol. The van der Waals surface area contributed by atoms with E-state index in [0.717, 1.165) is 37.4 Å². The van der Waals surface area contributed by atoms with E-state index in [4.69, 9.17) is 4.74 Å². The van der Waals surface area contributed by atoms with Crippen molar-refractivity contribution in [3.05, 3.63) is 0 Å². The summed E-state index contributed by atoms with van der Waals surface area (Å²) in [5.74, 6) is -1.06. The molecule has 0 fully saturated rings. The molecule has 0 radical (unpaired) electrons. The summed E-state index contributed by atoms with van der Waals surface area (Å²) in [5.41, 5.74) is -0.117. The highest BCUT2D eigenvalue weighted by Gasteiger charge is 2.37. The van der Waals surface area contributed by atoms with Crippen molar-refractivity contribution in [3.63, 3.8) is 0 Å². The van der Waals surface area contributed by atoms with Gasteiger partial charge in [-0.25, -0.2) is 0 Å². The fraction of sp³-hybridized carbons (Fsp3) is 0.929. The first kappa shape index (κ1) is 19.8. The molecule has 20 heavy (non-hydrogen) atoms. The van der Waals surface area contributed by atoms with Crippen molar-refractivity contribution in [2.45, 2.75) is 58.2 Å². The standard InChI is InChI=1S/C14H25F3O2S/c1-11(6-5-8-13(2,3)19-4)7-9-20-10-12(18)14(15,16)17/h11H,5-10H2,1-4H3. The van der Waals surface area contributed by atoms with Gasteiger partial charge >= 0.3 is 6.18 Å². The number of ether oxygens (including phenoxy) is 1. The molecule has 1 unspecified atom stereocenters. The summed E-state index contributed by atoms with van der Waals surface area (Å²) < 4.78 is 41.2. The minimum absolute atomic E-state index is 0.117. The fourth-order valence-corrected chi connectivity index (χ4v) is 2.72. The Morgan fingerprint density at radius 3 is 2.35 bits per heavy atom. The van der Waals surface area contributed by atoms with Crippen molar-refractivity contribution in [1.29, 1.82) is 0 Å². The Kier molecular flexibility index (Phi) is 8.82. The molecule has 0 spiro atoms. The number of carbonyl (C=O) groups excluding carboxylic acids is 1. The lowest BCUT2D eigenvalue weighted by Gasteiger charge is -2.23. The van der Waals surface area contributed by atoms with Crippen LogP contribution in [0.25, 0.3) is 0 Å². The molecule has 0 heterocycles. The normalized spacial score (nSPS) is 14.3. The molecule has 0 aromatic rings. The number of carbonyl (C=O) groups is 1. The monoisotopic (exact) mass is 314 g/mol. The third-order valence-electron chi connectivity index (χ3n) is 3.33. The summed E-state index contributed by atoms with van der Waals surface area (Å²) in [6.07, 6.45) is -0.824. The summed E-state index contributed by atoms with van der Waals surface area (Å²) in [6.45, 7) is 6.17. The van der Waals surface area contributed by atoms with Crippen LogP contribution >= 0.6 is 11.8 Å². The minimum atomic E-state index is -4.69. The van der Waals surface area contributed by atoms with Gasteiger partial charge in [-0.15, -0.1) is 0 Å². The van der Waals surface area contributed by atoms with Crippen LogP contribution in [0.3, 0.4) is 0 Å². The maximum atomic E-state index is 12.0. The fourth-order valence-electron chi connectivity index (χ4n) is 1.65. The number of methoxy groups -OCH3 is 1. The molecule has 0 saturated heterocycles. The van der Waals surface area contributed by atoms with Crippen LogP contribution < -0.4 is 0 Å². The quantitative estimate of drug-likeness (QED) is 0.556. The summed E-state index contributed by atoms with van der Waals surface area (Å²) >= 11 is 1.07. The van der Waals surface area contributed by atoms with Crippen molar-refractivity contribution in [2.75, 3.05) is 18.6 Å². The maximum Gasteiger partial charge on any atom is 0.450 e. The van der Waals surface area contributed by atoms with Gasteiger partial charge < -0.3 is 4.74 Å². The summed E-state index contributed by atoms with van der Waals surface area (Å²) in [4.78, 5) is 10.7. The molecule has 1 atom stereocenters. The molecule has 6 heteroatoms. The first-order valence-corrected chi connectivity index (χ1v) is 7.97. The second-order valence-electron chi connectivity index (χ2n) is 5.72. The van der Waals surface area contributed by atoms with Gasteiger partial charge in [0.15, 0.2) is 0 Å². The highest BCUT2D eigenvalue weighted by molar-refractivity contribution is 7.99. The maximum absolute atomic E-state index is 12.0. The van der Waals surface area contributed by atoms with Crippen LogP contribution in [0.5, 0.6) is 0 Å². The van der Waals surface area contributed by atoms with Crippen LogP contribution in [-0.2, 0) is 9.53 Å². The molecule has 0 aliphatic heterocycles. The smallest absolute Gasteiger partial charge is 0.379 e. The Morgan fingerprint density at radius 2 is 1.85 bits per heavy atom. The SMILES string of the molecule is COC(C)(C)CCCC(C)CCSCC(=O)C(F)(F)F. The van der Waals surface area contributed by atoms with Crippen LogP contribution in [0, 0.1) is 5.92 Å². The molecule has 0 saturated carbocycles. The molecule has 120 valence electrons. The van der Waals surface area contributed by atoms with Gasteiger partial charge in [-0.3, -0.25) is 4.79 Å². The summed E-state index contributed by atoms with van der Waals surface area (Å²) in [7, 11) is 1.69. The number of ketones is 1. The van der Waals surface area contributed by atoms with Gasteiger partial charge in [0, 0.05) is 7.11 Å². The van der Waals surface area contributed by atoms with Gasteiger partial charge in [-0.05, 0) is 38.4 Å². The third kappa shape index (κ3) is 9.64. The van der Waals surface area contributed by atoms with Crippen molar-refractivity contribution >= 4 is 17.5 Å². The highest BCUT2D eigenvalue weighted by Crippen LogP contribution is 2.23. The van der Waals surface area contributed by atoms with Gasteiger partial charge in [-0.1, -0.05) is 19.8 Å². The zero-order valence-electron chi connectivity index (χ0n) is 12.7. The van der Waals surface area contributed by atoms with E-state index in [9.17, 15) is 18.0 Å². The Morgan fingerprint density at radius 1 is 1.25 bits per heavy atom. The lowest BCUT2D eigenvalue weighted by Crippen LogP contribution is -2.24. The summed E-state index contributed by atoms with van der Waals surface area (Å²) in [6, 6.07) is 0. The number of rotatable bonds is 10. The van der Waals surface area contributed by atoms with E-state index >= 15 is 0 Å². The van der Waals surface area contributed by atoms with E-state index < -0.39 is 17.7 Å². The van der Waals surface area contributed by atoms with Gasteiger partial charge in [0.25, 0.3) is 0 Å². The molecular weight excluding hydrogens is 289 g/mol. The first-order valence-electron chi connectivity index (χ1n) is 6.81. The van der Waals surface area contributed by atoms with Crippen LogP contribution in [0.15, 0.2) is 0 Å². The molecule has 0 aliphatic rings. The molecule has 0 rings (SSSR count). The Balaban J connectivity index is 3.65. The third-order valence-corrected chi connectivity index (χ3v) is 4.32. The second-order valence-corrected chi connectivity index (χ2v) is 6.83. The van der Waals surface area contributed by atoms with E-state index in [0.29, 0.717) is 11.7 Å². The van der Waals surface area contributed by atoms with Gasteiger partial charge in [0.05, 0.1) is 11.4 Å². The van der Waals surface area contributed by atoms with Gasteiger partial charge in [0.2, 0.25) is 5.78 Å². The predicted octanol–water partition coefficient (Wildman–Crippen LogP) is 4.47. The molecule has 0 amide bonds. The number of halogens is 3. The minimum Gasteiger partial charge on any atom is -0.379 e. The number of thioether (sulfide) groups is 1. The number of hydrogen-bond acceptors (Lipinski definition) is 3. The topological polar surface area (TPSA) is 26.3 Å². The van der Waals surface area contributed by atoms with Crippen molar-refractivity contribution in [1.82, 2.24) is 0 Å². The molecule has 0 aromatic carbocycles. The Hall–Kier alpha value is -0.230. The van der Waals surface area contributed by atoms with E-state index in [1.807, 2.05) is 13.8 Å². The number of hydrogen-bond donors (Lipinski definition) is 0. The van der Waals surface area contributed by atoms with Crippen LogP contribution in [-0.4, -0.2) is 36.2 Å². The van der Waals surface area contributed by atoms with E-state index in [2.05, 4.69) is 6.92 Å². The zero-order chi connectivity index (χ0) is 15.8. The number of alkyl halides is 3. The van der Waals surface area contributed by atoms with E-state index in [1.165, 1.54) is 0 Å². The Bertz CT molecular complexity index is 291. The molecule has 2 nitrogen and oxygen atoms in total. The molecule has 0 aromatic heterocycles. The molecule has 0 aliphatic carbocycles. The van der Waals surface area contributed by atoms with Crippen molar-refractivity contribution < 1.29 is 22.7 Å². The van der Waals surface area contributed by atoms with Crippen LogP contribution in [0.1, 0.15) is 46.5 Å². The van der Waals surface area contributed by atoms with Crippen LogP contribution in [0.2, 0.25) is 0 Å². The number of Topliss-reactive ketones (excluding diaryl/α,β-unsaturated/α-hetero) is 1. The second kappa shape index (κ2) is 8.93. The van der Waals surface area contributed by atoms with Crippen LogP contribution in [0.4, 0.5) is 13.2 Å². The molecule has 0 N–H and O–H groups in total. The lowest BCUT2D eigenvalue weighted by molar-refractivity contribution is -0.167. The van der Waals surface area contributed by atoms with Crippen molar-refractivity contribution in [2.24, 2.45) is 5.92 Å². The van der Waals surface area contributed by atoms with E-state index in [1.54, 1.807) is 7.11 Å². The average Bonchev–Trinajstić information content (AvgIpc) is 2.33. The lowest BCUT2D eigenvalue weighted by atomic mass is 9.95. The molecular formula is C14H25F3O2S. The highest BCUT2D eigenvalue weighted by atomic mass is 32.2. The van der Waals surface area contributed by atoms with Gasteiger partial charge in [-0.2, -0.15) is 24.9 Å². The van der Waals surface area contributed by atoms with Gasteiger partial charge in [0.1, 0.15) is 0 Å². The largest absolute Gasteiger partial charge is 0.450 e. The average molecular weight is 314 g/mol. The first-order chi connectivity index (χ1) is 9.08. The zero-order valence-corrected chi connectivity index (χ0v) is 13.5. The van der Waals surface area contributed by atoms with Crippen molar-refractivity contribution in [3.8, 4) is 0 Å². The van der Waals surface area contributed by atoms with E-state index in [-0.39, 0.29) is 5.60 Å². The summed E-state index contributed by atoms with van der Waals surface area (Å²) in [5, 5.41) is 0. The molecule has 0 bridgehead atoms. The Labute approximate surface area is 123 Å².